The second-order valence-electron chi connectivity index (χ2n) is 7.37. The van der Waals surface area contributed by atoms with E-state index in [1.165, 1.54) is 24.0 Å². The molecule has 0 bridgehead atoms. The minimum atomic E-state index is 0.148. The fourth-order valence-corrected chi connectivity index (χ4v) is 3.80. The fourth-order valence-electron chi connectivity index (χ4n) is 3.80. The minimum absolute atomic E-state index is 0.148. The molecule has 0 saturated carbocycles. The summed E-state index contributed by atoms with van der Waals surface area (Å²) in [4.78, 5) is 9.61. The first kappa shape index (κ1) is 19.2. The Labute approximate surface area is 163 Å². The largest absolute Gasteiger partial charge is 0.307 e. The molecule has 2 aromatic carbocycles. The lowest BCUT2D eigenvalue weighted by Gasteiger charge is -2.30. The smallest absolute Gasteiger partial charge is 0.233 e. The van der Waals surface area contributed by atoms with Gasteiger partial charge in [-0.05, 0) is 48.9 Å². The Balaban J connectivity index is 2.19. The Morgan fingerprint density at radius 2 is 1.63 bits per heavy atom. The predicted molar refractivity (Wildman–Crippen MR) is 111 cm³/mol. The molecule has 3 rings (SSSR count). The summed E-state index contributed by atoms with van der Waals surface area (Å²) in [6, 6.07) is 19.0. The minimum Gasteiger partial charge on any atom is -0.233 e. The summed E-state index contributed by atoms with van der Waals surface area (Å²) < 4.78 is 2.15. The van der Waals surface area contributed by atoms with Gasteiger partial charge in [0.1, 0.15) is 0 Å². The zero-order valence-corrected chi connectivity index (χ0v) is 16.9. The lowest BCUT2D eigenvalue weighted by Crippen LogP contribution is -2.37. The lowest BCUT2D eigenvalue weighted by atomic mass is 9.74. The van der Waals surface area contributed by atoms with E-state index >= 15 is 0 Å². The first-order valence-electron chi connectivity index (χ1n) is 10.0. The highest BCUT2D eigenvalue weighted by molar-refractivity contribution is 5.63. The van der Waals surface area contributed by atoms with Gasteiger partial charge >= 0.3 is 5.82 Å². The van der Waals surface area contributed by atoms with Gasteiger partial charge in [-0.1, -0.05) is 73.6 Å². The van der Waals surface area contributed by atoms with Crippen molar-refractivity contribution in [2.24, 2.45) is 0 Å². The maximum absolute atomic E-state index is 5.00. The van der Waals surface area contributed by atoms with E-state index in [-0.39, 0.29) is 5.41 Å². The van der Waals surface area contributed by atoms with Crippen LogP contribution in [0.15, 0.2) is 60.9 Å². The van der Waals surface area contributed by atoms with E-state index in [0.717, 1.165) is 30.2 Å². The predicted octanol–water partition coefficient (Wildman–Crippen LogP) is 5.59. The van der Waals surface area contributed by atoms with Gasteiger partial charge in [-0.15, -0.1) is 0 Å². The second kappa shape index (κ2) is 8.43. The summed E-state index contributed by atoms with van der Waals surface area (Å²) in [6.07, 6.45) is 5.37. The van der Waals surface area contributed by atoms with Crippen LogP contribution in [0, 0.1) is 0 Å². The number of hydrogen-bond donors (Lipinski definition) is 0. The van der Waals surface area contributed by atoms with Crippen molar-refractivity contribution in [1.82, 2.24) is 9.97 Å². The summed E-state index contributed by atoms with van der Waals surface area (Å²) in [5.74, 6) is 1.77. The molecule has 3 aromatic rings. The van der Waals surface area contributed by atoms with Crippen molar-refractivity contribution in [2.75, 3.05) is 0 Å². The molecule has 0 radical (unpaired) electrons. The summed E-state index contributed by atoms with van der Waals surface area (Å²) in [7, 11) is 0. The topological polar surface area (TPSA) is 29.7 Å². The molecule has 1 unspecified atom stereocenters. The van der Waals surface area contributed by atoms with Gasteiger partial charge in [0.05, 0.1) is 17.7 Å². The number of aryl methyl sites for hydroxylation is 1. The van der Waals surface area contributed by atoms with Gasteiger partial charge in [0, 0.05) is 0 Å². The Kier molecular flexibility index (Phi) is 6.00. The van der Waals surface area contributed by atoms with E-state index in [0.29, 0.717) is 0 Å². The highest BCUT2D eigenvalue weighted by Gasteiger charge is 2.29. The van der Waals surface area contributed by atoms with Crippen LogP contribution in [0.5, 0.6) is 0 Å². The van der Waals surface area contributed by atoms with Crippen molar-refractivity contribution >= 4 is 0 Å². The fraction of sp³-hybridized carbons (Fsp3) is 0.375. The summed E-state index contributed by atoms with van der Waals surface area (Å²) in [5.41, 5.74) is 3.80. The number of benzene rings is 2. The first-order valence-corrected chi connectivity index (χ1v) is 10.0. The molecule has 1 atom stereocenters. The van der Waals surface area contributed by atoms with Crippen LogP contribution >= 0.6 is 0 Å². The molecular formula is C24H30N3+. The molecule has 27 heavy (non-hydrogen) atoms. The Morgan fingerprint density at radius 3 is 2.30 bits per heavy atom. The molecule has 0 aliphatic heterocycles. The van der Waals surface area contributed by atoms with E-state index < -0.39 is 0 Å². The summed E-state index contributed by atoms with van der Waals surface area (Å²) in [6.45, 7) is 9.92. The number of rotatable bonds is 7. The van der Waals surface area contributed by atoms with Crippen LogP contribution in [0.2, 0.25) is 0 Å². The molecule has 0 amide bonds. The number of aromatic nitrogens is 3. The number of nitrogens with zero attached hydrogens (tertiary/aromatic N) is 3. The van der Waals surface area contributed by atoms with Crippen LogP contribution in [0.25, 0.3) is 22.8 Å². The van der Waals surface area contributed by atoms with Crippen molar-refractivity contribution < 1.29 is 4.57 Å². The molecule has 3 heteroatoms. The Bertz CT molecular complexity index is 889. The average Bonchev–Trinajstić information content (AvgIpc) is 2.74. The van der Waals surface area contributed by atoms with Crippen molar-refractivity contribution in [1.29, 1.82) is 0 Å². The molecule has 140 valence electrons. The van der Waals surface area contributed by atoms with Crippen molar-refractivity contribution in [3.8, 4) is 22.8 Å². The van der Waals surface area contributed by atoms with E-state index in [4.69, 9.17) is 4.98 Å². The average molecular weight is 361 g/mol. The SMILES string of the molecule is CCCC(C)(CC)c1ccccc1-c1nc(-c2ccccc2)nc[n+]1CC. The van der Waals surface area contributed by atoms with Crippen LogP contribution in [0.3, 0.4) is 0 Å². The second-order valence-corrected chi connectivity index (χ2v) is 7.37. The van der Waals surface area contributed by atoms with Gasteiger partial charge < -0.3 is 0 Å². The third-order valence-electron chi connectivity index (χ3n) is 5.58. The van der Waals surface area contributed by atoms with Gasteiger partial charge in [0.25, 0.3) is 5.82 Å². The van der Waals surface area contributed by atoms with Crippen LogP contribution in [0.4, 0.5) is 0 Å². The standard InChI is InChI=1S/C24H30N3/c1-5-17-24(4,6-2)21-16-12-11-15-20(21)23-26-22(25-18-27(23)7-3)19-13-9-8-10-14-19/h8-16,18H,5-7,17H2,1-4H3/q+1. The maximum atomic E-state index is 5.00. The molecule has 0 aliphatic carbocycles. The van der Waals surface area contributed by atoms with Gasteiger partial charge in [0.2, 0.25) is 6.33 Å². The van der Waals surface area contributed by atoms with Gasteiger partial charge in [0.15, 0.2) is 0 Å². The van der Waals surface area contributed by atoms with Crippen LogP contribution in [-0.4, -0.2) is 9.97 Å². The van der Waals surface area contributed by atoms with E-state index in [1.54, 1.807) is 0 Å². The number of hydrogen-bond acceptors (Lipinski definition) is 2. The van der Waals surface area contributed by atoms with Crippen molar-refractivity contribution in [3.05, 3.63) is 66.5 Å². The van der Waals surface area contributed by atoms with Gasteiger partial charge in [-0.2, -0.15) is 0 Å². The van der Waals surface area contributed by atoms with E-state index in [9.17, 15) is 0 Å². The third-order valence-corrected chi connectivity index (χ3v) is 5.58. The molecule has 1 heterocycles. The van der Waals surface area contributed by atoms with Crippen LogP contribution in [0.1, 0.15) is 52.5 Å². The molecule has 3 nitrogen and oxygen atoms in total. The van der Waals surface area contributed by atoms with E-state index in [2.05, 4.69) is 73.6 Å². The van der Waals surface area contributed by atoms with E-state index in [1.807, 2.05) is 24.5 Å². The van der Waals surface area contributed by atoms with Crippen LogP contribution < -0.4 is 4.57 Å². The normalized spacial score (nSPS) is 13.3. The van der Waals surface area contributed by atoms with Gasteiger partial charge in [-0.3, -0.25) is 0 Å². The first-order chi connectivity index (χ1) is 13.1. The highest BCUT2D eigenvalue weighted by Crippen LogP contribution is 2.37. The van der Waals surface area contributed by atoms with Crippen molar-refractivity contribution in [3.63, 3.8) is 0 Å². The maximum Gasteiger partial charge on any atom is 0.307 e. The molecule has 0 saturated heterocycles. The Morgan fingerprint density at radius 1 is 0.926 bits per heavy atom. The Hall–Kier alpha value is -2.55. The molecule has 0 spiro atoms. The molecule has 0 aliphatic rings. The molecule has 0 N–H and O–H groups in total. The van der Waals surface area contributed by atoms with Gasteiger partial charge in [-0.25, -0.2) is 4.57 Å². The zero-order valence-electron chi connectivity index (χ0n) is 16.9. The zero-order chi connectivity index (χ0) is 19.3. The monoisotopic (exact) mass is 360 g/mol. The highest BCUT2D eigenvalue weighted by atomic mass is 15.1. The van der Waals surface area contributed by atoms with Crippen molar-refractivity contribution in [2.45, 2.75) is 58.9 Å². The summed E-state index contributed by atoms with van der Waals surface area (Å²) >= 11 is 0. The quantitative estimate of drug-likeness (QED) is 0.514. The molecule has 0 fully saturated rings. The lowest BCUT2D eigenvalue weighted by molar-refractivity contribution is -0.688. The molecule has 1 aromatic heterocycles. The van der Waals surface area contributed by atoms with Crippen LogP contribution in [-0.2, 0) is 12.0 Å². The molecular weight excluding hydrogens is 330 g/mol. The summed E-state index contributed by atoms with van der Waals surface area (Å²) in [5, 5.41) is 0. The third kappa shape index (κ3) is 3.92.